The lowest BCUT2D eigenvalue weighted by atomic mass is 9.78. The van der Waals surface area contributed by atoms with Gasteiger partial charge < -0.3 is 10.2 Å². The molecule has 0 amide bonds. The maximum atomic E-state index is 11.0. The van der Waals surface area contributed by atoms with Gasteiger partial charge in [-0.05, 0) is 105 Å². The van der Waals surface area contributed by atoms with E-state index in [1.807, 2.05) is 0 Å². The molecule has 2 rings (SSSR count). The topological polar surface area (TPSA) is 40.5 Å². The van der Waals surface area contributed by atoms with Gasteiger partial charge in [-0.15, -0.1) is 0 Å². The minimum atomic E-state index is -0.0462. The zero-order valence-electron chi connectivity index (χ0n) is 40.0. The van der Waals surface area contributed by atoms with Gasteiger partial charge in [-0.3, -0.25) is 0 Å². The molecule has 0 unspecified atom stereocenters. The van der Waals surface area contributed by atoms with E-state index in [1.165, 1.54) is 164 Å². The first kappa shape index (κ1) is 51.5. The number of rotatable bonds is 28. The highest BCUT2D eigenvalue weighted by Gasteiger charge is 2.27. The molecule has 0 bridgehead atoms. The average molecular weight is 807 g/mol. The summed E-state index contributed by atoms with van der Waals surface area (Å²) in [5.41, 5.74) is 6.98. The van der Waals surface area contributed by atoms with Crippen LogP contribution in [0.15, 0.2) is 24.3 Å². The van der Waals surface area contributed by atoms with Crippen molar-refractivity contribution in [2.24, 2.45) is 0 Å². The second kappa shape index (κ2) is 25.9. The summed E-state index contributed by atoms with van der Waals surface area (Å²) in [6.45, 7) is 26.5. The predicted octanol–water partition coefficient (Wildman–Crippen LogP) is 17.4. The van der Waals surface area contributed by atoms with Crippen molar-refractivity contribution >= 4 is 11.8 Å². The molecule has 0 atom stereocenters. The highest BCUT2D eigenvalue weighted by Crippen LogP contribution is 2.41. The van der Waals surface area contributed by atoms with Gasteiger partial charge in [0.05, 0.1) is 0 Å². The Kier molecular flexibility index (Phi) is 23.4. The smallest absolute Gasteiger partial charge is 0.123 e. The largest absolute Gasteiger partial charge is 0.507 e. The fourth-order valence-electron chi connectivity index (χ4n) is 8.31. The lowest BCUT2D eigenvalue weighted by Gasteiger charge is -2.28. The van der Waals surface area contributed by atoms with Gasteiger partial charge in [-0.2, -0.15) is 11.8 Å². The van der Waals surface area contributed by atoms with Crippen LogP contribution in [0, 0.1) is 0 Å². The van der Waals surface area contributed by atoms with Gasteiger partial charge in [0, 0.05) is 0 Å². The molecule has 328 valence electrons. The van der Waals surface area contributed by atoms with Gasteiger partial charge in [-0.1, -0.05) is 223 Å². The standard InChI is InChI=1S/C54H94O2S/c1-51(2,3)45-39-43(40-46(49(45)55)52(4,5)6)35-31-27-23-19-15-13-17-21-25-29-33-37-57-38-34-30-26-22-18-14-16-20-24-28-32-36-44-41-47(53(7,8)9)50(56)48(42-44)54(10,11)12/h39-42,55-56H,13-38H2,1-12H3. The molecule has 0 fully saturated rings. The van der Waals surface area contributed by atoms with Gasteiger partial charge in [0.2, 0.25) is 0 Å². The predicted molar refractivity (Wildman–Crippen MR) is 257 cm³/mol. The third-order valence-corrected chi connectivity index (χ3v) is 13.2. The Balaban J connectivity index is 1.35. The van der Waals surface area contributed by atoms with Crippen LogP contribution >= 0.6 is 11.8 Å². The molecule has 2 N–H and O–H groups in total. The number of aromatic hydroxyl groups is 2. The van der Waals surface area contributed by atoms with Gasteiger partial charge in [0.15, 0.2) is 0 Å². The molecule has 57 heavy (non-hydrogen) atoms. The van der Waals surface area contributed by atoms with Gasteiger partial charge in [0.1, 0.15) is 11.5 Å². The molecule has 2 aromatic rings. The van der Waals surface area contributed by atoms with Gasteiger partial charge in [0.25, 0.3) is 0 Å². The third-order valence-electron chi connectivity index (χ3n) is 12.1. The summed E-state index contributed by atoms with van der Waals surface area (Å²) >= 11 is 2.20. The Labute approximate surface area is 360 Å². The summed E-state index contributed by atoms with van der Waals surface area (Å²) in [6.07, 6.45) is 32.7. The molecule has 2 aromatic carbocycles. The number of benzene rings is 2. The van der Waals surface area contributed by atoms with Crippen LogP contribution < -0.4 is 0 Å². The second-order valence-electron chi connectivity index (χ2n) is 22.0. The lowest BCUT2D eigenvalue weighted by molar-refractivity contribution is 0.421. The molecular formula is C54H94O2S. The fourth-order valence-corrected chi connectivity index (χ4v) is 9.34. The Morgan fingerprint density at radius 3 is 0.719 bits per heavy atom. The molecule has 0 saturated carbocycles. The maximum absolute atomic E-state index is 11.0. The summed E-state index contributed by atoms with van der Waals surface area (Å²) < 4.78 is 0. The quantitative estimate of drug-likeness (QED) is 0.0842. The molecule has 3 heteroatoms. The number of hydrogen-bond acceptors (Lipinski definition) is 3. The van der Waals surface area contributed by atoms with E-state index in [0.717, 1.165) is 35.1 Å². The number of phenols is 2. The molecule has 0 aliphatic heterocycles. The van der Waals surface area contributed by atoms with Crippen molar-refractivity contribution in [3.63, 3.8) is 0 Å². The third kappa shape index (κ3) is 21.0. The number of phenolic OH excluding ortho intramolecular Hbond substituents is 2. The van der Waals surface area contributed by atoms with E-state index in [4.69, 9.17) is 0 Å². The van der Waals surface area contributed by atoms with Crippen molar-refractivity contribution in [2.45, 2.75) is 259 Å². The van der Waals surface area contributed by atoms with Crippen LogP contribution in [0.25, 0.3) is 0 Å². The molecule has 2 nitrogen and oxygen atoms in total. The Morgan fingerprint density at radius 2 is 0.509 bits per heavy atom. The fraction of sp³-hybridized carbons (Fsp3) is 0.778. The van der Waals surface area contributed by atoms with Crippen molar-refractivity contribution in [3.05, 3.63) is 57.6 Å². The summed E-state index contributed by atoms with van der Waals surface area (Å²) in [7, 11) is 0. The van der Waals surface area contributed by atoms with Crippen LogP contribution in [-0.2, 0) is 34.5 Å². The van der Waals surface area contributed by atoms with Crippen LogP contribution in [0.1, 0.15) is 258 Å². The van der Waals surface area contributed by atoms with Crippen LogP contribution in [0.2, 0.25) is 0 Å². The van der Waals surface area contributed by atoms with E-state index in [9.17, 15) is 10.2 Å². The maximum Gasteiger partial charge on any atom is 0.123 e. The first-order valence-electron chi connectivity index (χ1n) is 24.0. The molecule has 0 spiro atoms. The first-order valence-corrected chi connectivity index (χ1v) is 25.2. The second-order valence-corrected chi connectivity index (χ2v) is 23.2. The van der Waals surface area contributed by atoms with Crippen LogP contribution in [0.5, 0.6) is 11.5 Å². The average Bonchev–Trinajstić information content (AvgIpc) is 3.10. The van der Waals surface area contributed by atoms with E-state index >= 15 is 0 Å². The molecule has 0 saturated heterocycles. The highest BCUT2D eigenvalue weighted by atomic mass is 32.2. The van der Waals surface area contributed by atoms with E-state index < -0.39 is 0 Å². The highest BCUT2D eigenvalue weighted by molar-refractivity contribution is 7.99. The molecule has 0 heterocycles. The van der Waals surface area contributed by atoms with Crippen molar-refractivity contribution < 1.29 is 10.2 Å². The van der Waals surface area contributed by atoms with E-state index in [2.05, 4.69) is 119 Å². The molecule has 0 aliphatic rings. The minimum Gasteiger partial charge on any atom is -0.507 e. The lowest BCUT2D eigenvalue weighted by Crippen LogP contribution is -2.18. The summed E-state index contributed by atoms with van der Waals surface area (Å²) in [5.74, 6) is 3.74. The van der Waals surface area contributed by atoms with E-state index in [0.29, 0.717) is 11.5 Å². The Bertz CT molecular complexity index is 1200. The van der Waals surface area contributed by atoms with Crippen LogP contribution in [0.4, 0.5) is 0 Å². The van der Waals surface area contributed by atoms with Crippen LogP contribution in [0.3, 0.4) is 0 Å². The zero-order chi connectivity index (χ0) is 42.5. The van der Waals surface area contributed by atoms with Gasteiger partial charge >= 0.3 is 0 Å². The summed E-state index contributed by atoms with van der Waals surface area (Å²) in [4.78, 5) is 0. The molecule has 0 radical (unpaired) electrons. The number of aryl methyl sites for hydroxylation is 2. The Hall–Kier alpha value is -1.61. The number of unbranched alkanes of at least 4 members (excludes halogenated alkanes) is 20. The summed E-state index contributed by atoms with van der Waals surface area (Å²) in [5, 5.41) is 22.0. The first-order chi connectivity index (χ1) is 26.7. The minimum absolute atomic E-state index is 0.0462. The van der Waals surface area contributed by atoms with Crippen molar-refractivity contribution in [3.8, 4) is 11.5 Å². The molecule has 0 aromatic heterocycles. The molecule has 0 aliphatic carbocycles. The zero-order valence-corrected chi connectivity index (χ0v) is 40.8. The normalized spacial score (nSPS) is 12.8. The summed E-state index contributed by atoms with van der Waals surface area (Å²) in [6, 6.07) is 9.07. The van der Waals surface area contributed by atoms with Crippen molar-refractivity contribution in [2.75, 3.05) is 11.5 Å². The van der Waals surface area contributed by atoms with Crippen LogP contribution in [-0.4, -0.2) is 21.7 Å². The molecular weight excluding hydrogens is 713 g/mol. The SMILES string of the molecule is CC(C)(C)c1cc(CCCCCCCCCCCCCSCCCCCCCCCCCCCc2cc(C(C)(C)C)c(O)c(C(C)(C)C)c2)cc(C(C)(C)C)c1O. The Morgan fingerprint density at radius 1 is 0.316 bits per heavy atom. The van der Waals surface area contributed by atoms with Gasteiger partial charge in [-0.25, -0.2) is 0 Å². The van der Waals surface area contributed by atoms with E-state index in [-0.39, 0.29) is 21.7 Å². The monoisotopic (exact) mass is 807 g/mol. The van der Waals surface area contributed by atoms with E-state index in [1.54, 1.807) is 0 Å². The number of thioether (sulfide) groups is 1. The number of hydrogen-bond donors (Lipinski definition) is 2. The van der Waals surface area contributed by atoms with Crippen molar-refractivity contribution in [1.29, 1.82) is 0 Å². The van der Waals surface area contributed by atoms with Crippen molar-refractivity contribution in [1.82, 2.24) is 0 Å².